The summed E-state index contributed by atoms with van der Waals surface area (Å²) < 4.78 is 5.63. The molecule has 1 aliphatic carbocycles. The molecular formula is C14H29NO. The van der Waals surface area contributed by atoms with Crippen LogP contribution in [0.15, 0.2) is 0 Å². The van der Waals surface area contributed by atoms with Crippen LogP contribution < -0.4 is 5.32 Å². The first-order chi connectivity index (χ1) is 7.68. The molecular weight excluding hydrogens is 198 g/mol. The molecule has 0 heterocycles. The quantitative estimate of drug-likeness (QED) is 0.721. The van der Waals surface area contributed by atoms with Gasteiger partial charge in [-0.05, 0) is 38.1 Å². The molecule has 0 aromatic carbocycles. The first-order valence-electron chi connectivity index (χ1n) is 6.99. The molecule has 2 heteroatoms. The van der Waals surface area contributed by atoms with Crippen LogP contribution in [0.5, 0.6) is 0 Å². The van der Waals surface area contributed by atoms with Gasteiger partial charge in [0.05, 0.1) is 6.61 Å². The van der Waals surface area contributed by atoms with Crippen LogP contribution in [-0.4, -0.2) is 25.8 Å². The van der Waals surface area contributed by atoms with E-state index in [0.717, 1.165) is 19.1 Å². The van der Waals surface area contributed by atoms with Crippen LogP contribution in [0.3, 0.4) is 0 Å². The molecule has 1 N–H and O–H groups in total. The molecule has 0 bridgehead atoms. The minimum absolute atomic E-state index is 0.501. The Balaban J connectivity index is 1.98. The zero-order chi connectivity index (χ0) is 11.8. The Labute approximate surface area is 101 Å². The molecule has 0 aliphatic heterocycles. The summed E-state index contributed by atoms with van der Waals surface area (Å²) in [6.45, 7) is 9.54. The summed E-state index contributed by atoms with van der Waals surface area (Å²) >= 11 is 0. The van der Waals surface area contributed by atoms with Crippen molar-refractivity contribution >= 4 is 0 Å². The molecule has 0 saturated heterocycles. The van der Waals surface area contributed by atoms with Crippen LogP contribution in [0.25, 0.3) is 0 Å². The number of hydrogen-bond donors (Lipinski definition) is 1. The minimum atomic E-state index is 0.501. The van der Waals surface area contributed by atoms with Gasteiger partial charge in [0, 0.05) is 12.6 Å². The van der Waals surface area contributed by atoms with E-state index in [0.29, 0.717) is 12.0 Å². The normalized spacial score (nSPS) is 20.2. The molecule has 16 heavy (non-hydrogen) atoms. The van der Waals surface area contributed by atoms with Gasteiger partial charge in [0.15, 0.2) is 0 Å². The van der Waals surface area contributed by atoms with Crippen molar-refractivity contribution in [3.8, 4) is 0 Å². The third-order valence-corrected chi connectivity index (χ3v) is 3.30. The molecule has 0 radical (unpaired) electrons. The standard InChI is InChI=1S/C14H29NO/c1-12(2)10-16-11-13(3)15-9-14-7-5-4-6-8-14/h12-15H,4-11H2,1-3H3. The van der Waals surface area contributed by atoms with Crippen molar-refractivity contribution < 1.29 is 4.74 Å². The van der Waals surface area contributed by atoms with Gasteiger partial charge in [-0.15, -0.1) is 0 Å². The van der Waals surface area contributed by atoms with Gasteiger partial charge in [-0.2, -0.15) is 0 Å². The third-order valence-electron chi connectivity index (χ3n) is 3.30. The molecule has 0 amide bonds. The maximum atomic E-state index is 5.63. The van der Waals surface area contributed by atoms with E-state index in [-0.39, 0.29) is 0 Å². The molecule has 0 spiro atoms. The Morgan fingerprint density at radius 2 is 1.75 bits per heavy atom. The Morgan fingerprint density at radius 3 is 2.38 bits per heavy atom. The Bertz CT molecular complexity index is 164. The predicted molar refractivity (Wildman–Crippen MR) is 69.7 cm³/mol. The van der Waals surface area contributed by atoms with Crippen LogP contribution >= 0.6 is 0 Å². The molecule has 0 aromatic rings. The molecule has 1 saturated carbocycles. The highest BCUT2D eigenvalue weighted by molar-refractivity contribution is 4.70. The van der Waals surface area contributed by atoms with E-state index in [9.17, 15) is 0 Å². The Kier molecular flexibility index (Phi) is 7.06. The predicted octanol–water partition coefficient (Wildman–Crippen LogP) is 3.22. The molecule has 1 unspecified atom stereocenters. The SMILES string of the molecule is CC(C)COCC(C)NCC1CCCCC1. The summed E-state index contributed by atoms with van der Waals surface area (Å²) in [6, 6.07) is 0.501. The second-order valence-electron chi connectivity index (χ2n) is 5.74. The van der Waals surface area contributed by atoms with Crippen LogP contribution in [0.2, 0.25) is 0 Å². The van der Waals surface area contributed by atoms with Gasteiger partial charge in [-0.25, -0.2) is 0 Å². The summed E-state index contributed by atoms with van der Waals surface area (Å²) in [6.07, 6.45) is 7.16. The Hall–Kier alpha value is -0.0800. The average Bonchev–Trinajstić information content (AvgIpc) is 2.27. The van der Waals surface area contributed by atoms with Gasteiger partial charge in [-0.3, -0.25) is 0 Å². The highest BCUT2D eigenvalue weighted by Gasteiger charge is 2.13. The van der Waals surface area contributed by atoms with Crippen LogP contribution in [-0.2, 0) is 4.74 Å². The van der Waals surface area contributed by atoms with Gasteiger partial charge in [0.2, 0.25) is 0 Å². The largest absolute Gasteiger partial charge is 0.380 e. The van der Waals surface area contributed by atoms with E-state index < -0.39 is 0 Å². The highest BCUT2D eigenvalue weighted by atomic mass is 16.5. The number of hydrogen-bond acceptors (Lipinski definition) is 2. The molecule has 1 atom stereocenters. The molecule has 0 aromatic heterocycles. The summed E-state index contributed by atoms with van der Waals surface area (Å²) in [5, 5.41) is 3.60. The van der Waals surface area contributed by atoms with Crippen molar-refractivity contribution in [1.29, 1.82) is 0 Å². The molecule has 96 valence electrons. The second-order valence-corrected chi connectivity index (χ2v) is 5.74. The minimum Gasteiger partial charge on any atom is -0.380 e. The van der Waals surface area contributed by atoms with Gasteiger partial charge >= 0.3 is 0 Å². The first kappa shape index (κ1) is 14.0. The lowest BCUT2D eigenvalue weighted by Gasteiger charge is -2.24. The van der Waals surface area contributed by atoms with Crippen molar-refractivity contribution in [3.05, 3.63) is 0 Å². The zero-order valence-electron chi connectivity index (χ0n) is 11.3. The van der Waals surface area contributed by atoms with Crippen LogP contribution in [0.1, 0.15) is 52.9 Å². The molecule has 1 fully saturated rings. The van der Waals surface area contributed by atoms with Crippen molar-refractivity contribution in [2.75, 3.05) is 19.8 Å². The maximum absolute atomic E-state index is 5.63. The van der Waals surface area contributed by atoms with Crippen LogP contribution in [0, 0.1) is 11.8 Å². The van der Waals surface area contributed by atoms with Gasteiger partial charge in [-0.1, -0.05) is 33.1 Å². The van der Waals surface area contributed by atoms with Crippen molar-refractivity contribution in [1.82, 2.24) is 5.32 Å². The summed E-state index contributed by atoms with van der Waals surface area (Å²) in [5.41, 5.74) is 0. The smallest absolute Gasteiger partial charge is 0.0617 e. The van der Waals surface area contributed by atoms with Crippen molar-refractivity contribution in [2.45, 2.75) is 58.9 Å². The summed E-state index contributed by atoms with van der Waals surface area (Å²) in [7, 11) is 0. The van der Waals surface area contributed by atoms with Gasteiger partial charge in [0.1, 0.15) is 0 Å². The van der Waals surface area contributed by atoms with Gasteiger partial charge in [0.25, 0.3) is 0 Å². The second kappa shape index (κ2) is 8.08. The summed E-state index contributed by atoms with van der Waals surface area (Å²) in [4.78, 5) is 0. The van der Waals surface area contributed by atoms with E-state index in [1.54, 1.807) is 0 Å². The van der Waals surface area contributed by atoms with E-state index in [2.05, 4.69) is 26.1 Å². The fraction of sp³-hybridized carbons (Fsp3) is 1.00. The van der Waals surface area contributed by atoms with E-state index in [1.807, 2.05) is 0 Å². The monoisotopic (exact) mass is 227 g/mol. The topological polar surface area (TPSA) is 21.3 Å². The zero-order valence-corrected chi connectivity index (χ0v) is 11.3. The lowest BCUT2D eigenvalue weighted by atomic mass is 9.89. The van der Waals surface area contributed by atoms with Crippen molar-refractivity contribution in [3.63, 3.8) is 0 Å². The molecule has 1 aliphatic rings. The van der Waals surface area contributed by atoms with E-state index in [4.69, 9.17) is 4.74 Å². The average molecular weight is 227 g/mol. The molecule has 2 nitrogen and oxygen atoms in total. The van der Waals surface area contributed by atoms with E-state index in [1.165, 1.54) is 38.6 Å². The molecule has 1 rings (SSSR count). The summed E-state index contributed by atoms with van der Waals surface area (Å²) in [5.74, 6) is 1.56. The third kappa shape index (κ3) is 6.49. The van der Waals surface area contributed by atoms with Gasteiger partial charge < -0.3 is 10.1 Å². The van der Waals surface area contributed by atoms with E-state index >= 15 is 0 Å². The maximum Gasteiger partial charge on any atom is 0.0617 e. The number of nitrogens with one attached hydrogen (secondary N) is 1. The number of ether oxygens (including phenoxy) is 1. The lowest BCUT2D eigenvalue weighted by Crippen LogP contribution is -2.35. The number of rotatable bonds is 7. The van der Waals surface area contributed by atoms with Crippen molar-refractivity contribution in [2.24, 2.45) is 11.8 Å². The fourth-order valence-electron chi connectivity index (χ4n) is 2.30. The highest BCUT2D eigenvalue weighted by Crippen LogP contribution is 2.22. The fourth-order valence-corrected chi connectivity index (χ4v) is 2.30. The van der Waals surface area contributed by atoms with Crippen LogP contribution in [0.4, 0.5) is 0 Å². The lowest BCUT2D eigenvalue weighted by molar-refractivity contribution is 0.0923. The first-order valence-corrected chi connectivity index (χ1v) is 6.99. The Morgan fingerprint density at radius 1 is 1.06 bits per heavy atom.